The van der Waals surface area contributed by atoms with Gasteiger partial charge >= 0.3 is 6.18 Å². The van der Waals surface area contributed by atoms with Crippen molar-refractivity contribution >= 4 is 28.8 Å². The number of hydrogen-bond acceptors (Lipinski definition) is 4. The Morgan fingerprint density at radius 2 is 2.00 bits per heavy atom. The minimum absolute atomic E-state index is 0.0479. The summed E-state index contributed by atoms with van der Waals surface area (Å²) in [6.45, 7) is 0.619. The Balaban J connectivity index is 1.75. The Morgan fingerprint density at radius 1 is 1.23 bits per heavy atom. The van der Waals surface area contributed by atoms with Crippen LogP contribution in [0.1, 0.15) is 25.1 Å². The quantitative estimate of drug-likeness (QED) is 0.805. The number of nitrogens with zero attached hydrogens (tertiary/aromatic N) is 5. The summed E-state index contributed by atoms with van der Waals surface area (Å²) >= 11 is 5.29. The van der Waals surface area contributed by atoms with Crippen LogP contribution < -0.4 is 10.2 Å². The van der Waals surface area contributed by atoms with E-state index in [1.165, 1.54) is 6.07 Å². The molecule has 0 aromatic carbocycles. The Hall–Kier alpha value is -1.97. The molecular weight excluding hydrogens is 317 g/mol. The van der Waals surface area contributed by atoms with Gasteiger partial charge in [0.2, 0.25) is 0 Å². The topological polar surface area (TPSA) is 58.4 Å². The van der Waals surface area contributed by atoms with E-state index in [0.29, 0.717) is 22.0 Å². The van der Waals surface area contributed by atoms with E-state index in [1.807, 2.05) is 0 Å². The number of alkyl halides is 3. The summed E-state index contributed by atoms with van der Waals surface area (Å²) in [5, 5.41) is 14.4. The van der Waals surface area contributed by atoms with Gasteiger partial charge in [0.25, 0.3) is 5.82 Å². The number of hydrogen-bond donors (Lipinski definition) is 1. The molecule has 0 atom stereocenters. The smallest absolute Gasteiger partial charge is 0.355 e. The molecule has 3 heterocycles. The van der Waals surface area contributed by atoms with E-state index in [1.54, 1.807) is 11.0 Å². The molecule has 6 nitrogen and oxygen atoms in total. The lowest BCUT2D eigenvalue weighted by Crippen LogP contribution is -2.49. The predicted molar refractivity (Wildman–Crippen MR) is 75.4 cm³/mol. The van der Waals surface area contributed by atoms with E-state index in [-0.39, 0.29) is 11.2 Å². The van der Waals surface area contributed by atoms with Gasteiger partial charge in [-0.15, -0.1) is 15.3 Å². The second-order valence-corrected chi connectivity index (χ2v) is 6.02. The molecule has 0 bridgehead atoms. The minimum Gasteiger partial charge on any atom is -0.355 e. The zero-order chi connectivity index (χ0) is 15.5. The first-order valence-corrected chi connectivity index (χ1v) is 7.18. The van der Waals surface area contributed by atoms with E-state index in [4.69, 9.17) is 12.2 Å². The van der Waals surface area contributed by atoms with Crippen LogP contribution >= 0.6 is 12.2 Å². The lowest BCUT2D eigenvalue weighted by molar-refractivity contribution is -0.146. The zero-order valence-electron chi connectivity index (χ0n) is 11.3. The molecule has 4 rings (SSSR count). The van der Waals surface area contributed by atoms with Gasteiger partial charge in [0.1, 0.15) is 0 Å². The van der Waals surface area contributed by atoms with Crippen LogP contribution in [0.5, 0.6) is 0 Å². The molecular formula is C12H11F3N6S. The van der Waals surface area contributed by atoms with Crippen LogP contribution in [0, 0.1) is 0 Å². The zero-order valence-corrected chi connectivity index (χ0v) is 12.1. The molecule has 1 saturated heterocycles. The van der Waals surface area contributed by atoms with Crippen LogP contribution in [0.4, 0.5) is 19.0 Å². The highest BCUT2D eigenvalue weighted by molar-refractivity contribution is 7.80. The van der Waals surface area contributed by atoms with Crippen LogP contribution in [0.25, 0.3) is 5.65 Å². The SMILES string of the molecule is FC(F)(F)c1nnc2ccc(N3CC4(CCC4)NC3=S)nn12. The summed E-state index contributed by atoms with van der Waals surface area (Å²) in [4.78, 5) is 1.73. The van der Waals surface area contributed by atoms with Crippen LogP contribution in [0.2, 0.25) is 0 Å². The van der Waals surface area contributed by atoms with Gasteiger partial charge in [-0.3, -0.25) is 4.90 Å². The summed E-state index contributed by atoms with van der Waals surface area (Å²) in [6, 6.07) is 3.06. The van der Waals surface area contributed by atoms with Crippen molar-refractivity contribution in [1.29, 1.82) is 0 Å². The summed E-state index contributed by atoms with van der Waals surface area (Å²) < 4.78 is 39.4. The molecule has 2 aromatic heterocycles. The molecule has 0 amide bonds. The van der Waals surface area contributed by atoms with Crippen molar-refractivity contribution < 1.29 is 13.2 Å². The Morgan fingerprint density at radius 3 is 2.59 bits per heavy atom. The van der Waals surface area contributed by atoms with Crippen LogP contribution in [0.15, 0.2) is 12.1 Å². The molecule has 22 heavy (non-hydrogen) atoms. The predicted octanol–water partition coefficient (Wildman–Crippen LogP) is 1.76. The van der Waals surface area contributed by atoms with E-state index >= 15 is 0 Å². The third-order valence-corrected chi connectivity index (χ3v) is 4.49. The fourth-order valence-corrected chi connectivity index (χ4v) is 3.25. The largest absolute Gasteiger partial charge is 0.453 e. The van der Waals surface area contributed by atoms with E-state index in [0.717, 1.165) is 19.3 Å². The summed E-state index contributed by atoms with van der Waals surface area (Å²) in [6.07, 6.45) is -1.47. The highest BCUT2D eigenvalue weighted by Crippen LogP contribution is 2.37. The van der Waals surface area contributed by atoms with E-state index < -0.39 is 12.0 Å². The van der Waals surface area contributed by atoms with Crippen molar-refractivity contribution in [2.24, 2.45) is 0 Å². The lowest BCUT2D eigenvalue weighted by atomic mass is 9.77. The number of aromatic nitrogens is 4. The van der Waals surface area contributed by atoms with Gasteiger partial charge in [-0.25, -0.2) is 0 Å². The summed E-state index contributed by atoms with van der Waals surface area (Å²) in [7, 11) is 0. The standard InChI is InChI=1S/C12H11F3N6S/c13-12(14,15)9-18-17-7-2-3-8(19-21(7)9)20-6-11(4-1-5-11)16-10(20)22/h2-3H,1,4-6H2,(H,16,22). The number of nitrogens with one attached hydrogen (secondary N) is 1. The van der Waals surface area contributed by atoms with E-state index in [9.17, 15) is 13.2 Å². The molecule has 10 heteroatoms. The molecule has 1 N–H and O–H groups in total. The molecule has 1 aliphatic heterocycles. The first-order chi connectivity index (χ1) is 10.4. The fourth-order valence-electron chi connectivity index (χ4n) is 2.88. The van der Waals surface area contributed by atoms with E-state index in [2.05, 4.69) is 20.6 Å². The second-order valence-electron chi connectivity index (χ2n) is 5.63. The van der Waals surface area contributed by atoms with Crippen LogP contribution in [-0.2, 0) is 6.18 Å². The van der Waals surface area contributed by atoms with Gasteiger partial charge in [0, 0.05) is 6.54 Å². The normalized spacial score (nSPS) is 20.5. The number of halogens is 3. The average molecular weight is 328 g/mol. The van der Waals surface area contributed by atoms with Gasteiger partial charge in [-0.05, 0) is 43.6 Å². The summed E-state index contributed by atoms with van der Waals surface area (Å²) in [5.41, 5.74) is 0.000766. The van der Waals surface area contributed by atoms with Gasteiger partial charge in [0.15, 0.2) is 16.6 Å². The Kier molecular flexibility index (Phi) is 2.66. The number of thiocarbonyl (C=S) groups is 1. The van der Waals surface area contributed by atoms with Gasteiger partial charge in [-0.1, -0.05) is 0 Å². The first-order valence-electron chi connectivity index (χ1n) is 6.77. The molecule has 0 unspecified atom stereocenters. The highest BCUT2D eigenvalue weighted by Gasteiger charge is 2.46. The van der Waals surface area contributed by atoms with Crippen molar-refractivity contribution in [3.8, 4) is 0 Å². The van der Waals surface area contributed by atoms with Gasteiger partial charge < -0.3 is 5.32 Å². The maximum atomic E-state index is 12.9. The number of fused-ring (bicyclic) bond motifs is 1. The lowest BCUT2D eigenvalue weighted by Gasteiger charge is -2.37. The molecule has 2 fully saturated rings. The molecule has 2 aliphatic rings. The van der Waals surface area contributed by atoms with Gasteiger partial charge in [0.05, 0.1) is 5.54 Å². The van der Waals surface area contributed by atoms with Gasteiger partial charge in [-0.2, -0.15) is 17.7 Å². The van der Waals surface area contributed by atoms with Crippen molar-refractivity contribution in [3.63, 3.8) is 0 Å². The molecule has 0 radical (unpaired) electrons. The van der Waals surface area contributed by atoms with Crippen molar-refractivity contribution in [3.05, 3.63) is 18.0 Å². The highest BCUT2D eigenvalue weighted by atomic mass is 32.1. The van der Waals surface area contributed by atoms with Crippen LogP contribution in [0.3, 0.4) is 0 Å². The summed E-state index contributed by atoms with van der Waals surface area (Å²) in [5.74, 6) is -0.778. The van der Waals surface area contributed by atoms with Crippen molar-refractivity contribution in [2.75, 3.05) is 11.4 Å². The minimum atomic E-state index is -4.61. The fraction of sp³-hybridized carbons (Fsp3) is 0.500. The molecule has 1 aliphatic carbocycles. The third kappa shape index (κ3) is 1.93. The maximum absolute atomic E-state index is 12.9. The second kappa shape index (κ2) is 4.28. The maximum Gasteiger partial charge on any atom is 0.453 e. The molecule has 1 saturated carbocycles. The molecule has 2 aromatic rings. The average Bonchev–Trinajstić information content (AvgIpc) is 2.97. The Bertz CT molecular complexity index is 766. The van der Waals surface area contributed by atoms with Crippen molar-refractivity contribution in [2.45, 2.75) is 31.0 Å². The number of rotatable bonds is 1. The Labute approximate surface area is 128 Å². The van der Waals surface area contributed by atoms with Crippen LogP contribution in [-0.4, -0.2) is 37.0 Å². The molecule has 116 valence electrons. The third-order valence-electron chi connectivity index (χ3n) is 4.17. The molecule has 1 spiro atoms. The monoisotopic (exact) mass is 328 g/mol. The first kappa shape index (κ1) is 13.7. The van der Waals surface area contributed by atoms with Crippen molar-refractivity contribution in [1.82, 2.24) is 25.1 Å². The number of anilines is 1.